The van der Waals surface area contributed by atoms with Crippen LogP contribution < -0.4 is 11.1 Å². The Morgan fingerprint density at radius 3 is 2.89 bits per heavy atom. The predicted octanol–water partition coefficient (Wildman–Crippen LogP) is 1.35. The molecule has 2 rings (SSSR count). The van der Waals surface area contributed by atoms with E-state index >= 15 is 0 Å². The van der Waals surface area contributed by atoms with Crippen molar-refractivity contribution in [3.05, 3.63) is 23.8 Å². The summed E-state index contributed by atoms with van der Waals surface area (Å²) in [4.78, 5) is 11.9. The van der Waals surface area contributed by atoms with Gasteiger partial charge in [-0.15, -0.1) is 0 Å². The summed E-state index contributed by atoms with van der Waals surface area (Å²) in [6.45, 7) is 0.557. The van der Waals surface area contributed by atoms with Crippen molar-refractivity contribution in [3.8, 4) is 11.5 Å². The summed E-state index contributed by atoms with van der Waals surface area (Å²) in [6, 6.07) is 4.58. The number of nitrogens with one attached hydrogen (secondary N) is 1. The first-order valence-corrected chi connectivity index (χ1v) is 6.62. The smallest absolute Gasteiger partial charge is 0.255 e. The molecule has 5 nitrogen and oxygen atoms in total. The number of hydrogen-bond donors (Lipinski definition) is 4. The summed E-state index contributed by atoms with van der Waals surface area (Å²) < 4.78 is 0. The molecule has 1 aromatic carbocycles. The highest BCUT2D eigenvalue weighted by Crippen LogP contribution is 2.28. The van der Waals surface area contributed by atoms with Crippen LogP contribution in [0.2, 0.25) is 0 Å². The molecular weight excluding hydrogens is 244 g/mol. The largest absolute Gasteiger partial charge is 0.504 e. The van der Waals surface area contributed by atoms with Gasteiger partial charge in [-0.3, -0.25) is 4.79 Å². The van der Waals surface area contributed by atoms with Crippen molar-refractivity contribution in [2.75, 3.05) is 6.54 Å². The Balaban J connectivity index is 1.92. The van der Waals surface area contributed by atoms with Crippen LogP contribution in [0, 0.1) is 5.92 Å². The number of hydrogen-bond acceptors (Lipinski definition) is 4. The Morgan fingerprint density at radius 2 is 2.16 bits per heavy atom. The van der Waals surface area contributed by atoms with Gasteiger partial charge < -0.3 is 21.3 Å². The molecule has 0 heterocycles. The van der Waals surface area contributed by atoms with E-state index in [9.17, 15) is 15.0 Å². The van der Waals surface area contributed by atoms with Gasteiger partial charge in [0.2, 0.25) is 0 Å². The number of para-hydroxylation sites is 1. The summed E-state index contributed by atoms with van der Waals surface area (Å²) in [5, 5.41) is 21.8. The van der Waals surface area contributed by atoms with Gasteiger partial charge in [-0.1, -0.05) is 12.5 Å². The zero-order valence-corrected chi connectivity index (χ0v) is 10.8. The van der Waals surface area contributed by atoms with Crippen LogP contribution in [0.1, 0.15) is 36.0 Å². The lowest BCUT2D eigenvalue weighted by molar-refractivity contribution is 0.0939. The van der Waals surface area contributed by atoms with Crippen molar-refractivity contribution in [2.45, 2.75) is 31.7 Å². The lowest BCUT2D eigenvalue weighted by Gasteiger charge is -2.26. The highest BCUT2D eigenvalue weighted by atomic mass is 16.3. The van der Waals surface area contributed by atoms with E-state index in [4.69, 9.17) is 5.73 Å². The number of aromatic hydroxyl groups is 2. The second kappa shape index (κ2) is 5.93. The van der Waals surface area contributed by atoms with Crippen LogP contribution in [0.4, 0.5) is 0 Å². The Morgan fingerprint density at radius 1 is 1.37 bits per heavy atom. The summed E-state index contributed by atoms with van der Waals surface area (Å²) >= 11 is 0. The topological polar surface area (TPSA) is 95.6 Å². The number of carbonyl (C=O) groups is 1. The molecule has 1 aliphatic rings. The number of nitrogens with two attached hydrogens (primary N) is 1. The minimum Gasteiger partial charge on any atom is -0.504 e. The predicted molar refractivity (Wildman–Crippen MR) is 72.0 cm³/mol. The highest BCUT2D eigenvalue weighted by Gasteiger charge is 2.20. The average Bonchev–Trinajstić information content (AvgIpc) is 2.39. The van der Waals surface area contributed by atoms with Crippen molar-refractivity contribution in [2.24, 2.45) is 11.7 Å². The van der Waals surface area contributed by atoms with E-state index in [1.807, 2.05) is 0 Å². The second-order valence-electron chi connectivity index (χ2n) is 5.18. The Bertz CT molecular complexity index is 462. The maximum absolute atomic E-state index is 11.9. The van der Waals surface area contributed by atoms with Gasteiger partial charge >= 0.3 is 0 Å². The molecule has 0 saturated heterocycles. The molecule has 5 N–H and O–H groups in total. The summed E-state index contributed by atoms with van der Waals surface area (Å²) in [6.07, 6.45) is 4.14. The van der Waals surface area contributed by atoms with E-state index in [-0.39, 0.29) is 29.0 Å². The number of rotatable bonds is 3. The van der Waals surface area contributed by atoms with Gasteiger partial charge in [0.05, 0.1) is 5.56 Å². The number of phenolic OH excluding ortho intramolecular Hbond substituents is 2. The molecule has 0 radical (unpaired) electrons. The standard InChI is InChI=1S/C14H20N2O3/c15-10-4-1-3-9(7-10)8-16-14(19)11-5-2-6-12(17)13(11)18/h2,5-6,9-10,17-18H,1,3-4,7-8,15H2,(H,16,19). The first-order chi connectivity index (χ1) is 9.08. The van der Waals surface area contributed by atoms with Gasteiger partial charge in [-0.25, -0.2) is 0 Å². The van der Waals surface area contributed by atoms with Crippen molar-refractivity contribution in [1.29, 1.82) is 0 Å². The molecule has 0 spiro atoms. The molecule has 2 atom stereocenters. The SMILES string of the molecule is NC1CCCC(CNC(=O)c2cccc(O)c2O)C1. The fourth-order valence-corrected chi connectivity index (χ4v) is 2.56. The fraction of sp³-hybridized carbons (Fsp3) is 0.500. The Hall–Kier alpha value is -1.75. The van der Waals surface area contributed by atoms with E-state index in [1.54, 1.807) is 0 Å². The van der Waals surface area contributed by atoms with Gasteiger partial charge in [0.1, 0.15) is 0 Å². The van der Waals surface area contributed by atoms with E-state index < -0.39 is 0 Å². The van der Waals surface area contributed by atoms with Gasteiger partial charge in [0, 0.05) is 12.6 Å². The fourth-order valence-electron chi connectivity index (χ4n) is 2.56. The van der Waals surface area contributed by atoms with Gasteiger partial charge in [-0.2, -0.15) is 0 Å². The van der Waals surface area contributed by atoms with Gasteiger partial charge in [-0.05, 0) is 37.3 Å². The molecule has 1 aromatic rings. The van der Waals surface area contributed by atoms with Crippen molar-refractivity contribution < 1.29 is 15.0 Å². The third-order valence-electron chi connectivity index (χ3n) is 3.63. The molecule has 1 saturated carbocycles. The lowest BCUT2D eigenvalue weighted by atomic mass is 9.86. The maximum atomic E-state index is 11.9. The summed E-state index contributed by atoms with van der Waals surface area (Å²) in [5.41, 5.74) is 6.00. The van der Waals surface area contributed by atoms with Crippen LogP contribution in [-0.2, 0) is 0 Å². The highest BCUT2D eigenvalue weighted by molar-refractivity contribution is 5.97. The van der Waals surface area contributed by atoms with Crippen LogP contribution in [0.15, 0.2) is 18.2 Å². The van der Waals surface area contributed by atoms with E-state index in [0.29, 0.717) is 12.5 Å². The number of amides is 1. The summed E-state index contributed by atoms with van der Waals surface area (Å²) in [7, 11) is 0. The zero-order valence-electron chi connectivity index (χ0n) is 10.8. The molecule has 1 amide bonds. The normalized spacial score (nSPS) is 23.0. The number of benzene rings is 1. The number of phenols is 2. The minimum atomic E-state index is -0.375. The molecule has 1 aliphatic carbocycles. The quantitative estimate of drug-likeness (QED) is 0.620. The van der Waals surface area contributed by atoms with Crippen molar-refractivity contribution in [1.82, 2.24) is 5.32 Å². The molecule has 0 bridgehead atoms. The molecule has 0 aliphatic heterocycles. The minimum absolute atomic E-state index is 0.0973. The van der Waals surface area contributed by atoms with Crippen molar-refractivity contribution >= 4 is 5.91 Å². The van der Waals surface area contributed by atoms with Crippen LogP contribution in [-0.4, -0.2) is 28.7 Å². The third kappa shape index (κ3) is 3.38. The van der Waals surface area contributed by atoms with Crippen LogP contribution in [0.25, 0.3) is 0 Å². The van der Waals surface area contributed by atoms with Crippen LogP contribution >= 0.6 is 0 Å². The van der Waals surface area contributed by atoms with Gasteiger partial charge in [0.25, 0.3) is 5.91 Å². The second-order valence-corrected chi connectivity index (χ2v) is 5.18. The van der Waals surface area contributed by atoms with Crippen molar-refractivity contribution in [3.63, 3.8) is 0 Å². The molecular formula is C14H20N2O3. The van der Waals surface area contributed by atoms with Crippen LogP contribution in [0.5, 0.6) is 11.5 Å². The monoisotopic (exact) mass is 264 g/mol. The van der Waals surface area contributed by atoms with E-state index in [0.717, 1.165) is 25.7 Å². The lowest BCUT2D eigenvalue weighted by Crippen LogP contribution is -2.35. The molecule has 5 heteroatoms. The molecule has 19 heavy (non-hydrogen) atoms. The van der Waals surface area contributed by atoms with E-state index in [2.05, 4.69) is 5.32 Å². The summed E-state index contributed by atoms with van der Waals surface area (Å²) in [5.74, 6) is -0.632. The molecule has 2 unspecified atom stereocenters. The zero-order chi connectivity index (χ0) is 13.8. The van der Waals surface area contributed by atoms with Crippen LogP contribution in [0.3, 0.4) is 0 Å². The first kappa shape index (κ1) is 13.7. The van der Waals surface area contributed by atoms with Gasteiger partial charge in [0.15, 0.2) is 11.5 Å². The Kier molecular flexibility index (Phi) is 4.27. The molecule has 0 aromatic heterocycles. The average molecular weight is 264 g/mol. The number of carbonyl (C=O) groups excluding carboxylic acids is 1. The first-order valence-electron chi connectivity index (χ1n) is 6.62. The third-order valence-corrected chi connectivity index (χ3v) is 3.63. The Labute approximate surface area is 112 Å². The maximum Gasteiger partial charge on any atom is 0.255 e. The van der Waals surface area contributed by atoms with E-state index in [1.165, 1.54) is 18.2 Å². The molecule has 104 valence electrons. The molecule has 1 fully saturated rings.